The second-order valence-corrected chi connectivity index (χ2v) is 7.29. The quantitative estimate of drug-likeness (QED) is 0.487. The van der Waals surface area contributed by atoms with E-state index in [1.54, 1.807) is 7.11 Å². The number of ether oxygens (including phenoxy) is 1. The van der Waals surface area contributed by atoms with Crippen molar-refractivity contribution in [2.75, 3.05) is 12.4 Å². The summed E-state index contributed by atoms with van der Waals surface area (Å²) in [5.41, 5.74) is 2.07. The smallest absolute Gasteiger partial charge is 0.275 e. The Morgan fingerprint density at radius 3 is 2.55 bits per heavy atom. The van der Waals surface area contributed by atoms with Crippen molar-refractivity contribution in [2.45, 2.75) is 0 Å². The highest BCUT2D eigenvalue weighted by atomic mass is 32.1. The van der Waals surface area contributed by atoms with Gasteiger partial charge in [0.2, 0.25) is 0 Å². The van der Waals surface area contributed by atoms with Crippen LogP contribution in [0.3, 0.4) is 0 Å². The molecular formula is C21H15N5O2S. The zero-order chi connectivity index (χ0) is 19.8. The maximum absolute atomic E-state index is 13.2. The molecule has 0 radical (unpaired) electrons. The van der Waals surface area contributed by atoms with Gasteiger partial charge in [-0.15, -0.1) is 11.3 Å². The van der Waals surface area contributed by atoms with Crippen molar-refractivity contribution in [2.24, 2.45) is 0 Å². The Morgan fingerprint density at radius 2 is 1.79 bits per heavy atom. The molecule has 0 spiro atoms. The molecule has 0 bridgehead atoms. The van der Waals surface area contributed by atoms with Gasteiger partial charge in [-0.05, 0) is 36.4 Å². The summed E-state index contributed by atoms with van der Waals surface area (Å²) in [7, 11) is 1.61. The van der Waals surface area contributed by atoms with E-state index in [1.165, 1.54) is 28.6 Å². The molecule has 0 amide bonds. The first-order valence-corrected chi connectivity index (χ1v) is 9.67. The topological polar surface area (TPSA) is 81.9 Å². The van der Waals surface area contributed by atoms with Crippen molar-refractivity contribution in [1.29, 1.82) is 0 Å². The summed E-state index contributed by atoms with van der Waals surface area (Å²) >= 11 is 1.32. The van der Waals surface area contributed by atoms with E-state index >= 15 is 0 Å². The lowest BCUT2D eigenvalue weighted by molar-refractivity contribution is 0.414. The number of rotatable bonds is 4. The Hall–Kier alpha value is -3.78. The first-order chi connectivity index (χ1) is 14.2. The fourth-order valence-corrected chi connectivity index (χ4v) is 4.17. The maximum atomic E-state index is 13.2. The van der Waals surface area contributed by atoms with Crippen molar-refractivity contribution in [3.05, 3.63) is 77.6 Å². The van der Waals surface area contributed by atoms with Crippen molar-refractivity contribution in [1.82, 2.24) is 19.5 Å². The highest BCUT2D eigenvalue weighted by Crippen LogP contribution is 2.34. The molecule has 5 rings (SSSR count). The third kappa shape index (κ3) is 2.99. The van der Waals surface area contributed by atoms with Crippen LogP contribution in [-0.2, 0) is 0 Å². The van der Waals surface area contributed by atoms with Gasteiger partial charge in [0.05, 0.1) is 18.2 Å². The summed E-state index contributed by atoms with van der Waals surface area (Å²) in [6.07, 6.45) is 3.03. The van der Waals surface area contributed by atoms with Gasteiger partial charge in [0.1, 0.15) is 39.3 Å². The molecule has 0 atom stereocenters. The maximum Gasteiger partial charge on any atom is 0.275 e. The van der Waals surface area contributed by atoms with Crippen LogP contribution in [0.15, 0.2) is 72.0 Å². The van der Waals surface area contributed by atoms with Crippen LogP contribution < -0.4 is 15.6 Å². The molecule has 2 aromatic carbocycles. The third-order valence-electron chi connectivity index (χ3n) is 4.57. The number of nitrogens with zero attached hydrogens (tertiary/aromatic N) is 4. The van der Waals surface area contributed by atoms with Crippen molar-refractivity contribution in [3.63, 3.8) is 0 Å². The standard InChI is InChI=1S/C21H15N5O2S/c1-28-15-9-7-14(8-10-15)26-12-24-17-16-19(25-13-5-3-2-4-6-13)22-11-23-20(16)29-18(17)21(26)27/h2-12H,1H3,(H,22,23,25). The van der Waals surface area contributed by atoms with E-state index in [0.717, 1.165) is 22.5 Å². The van der Waals surface area contributed by atoms with Crippen LogP contribution in [0.4, 0.5) is 11.5 Å². The highest BCUT2D eigenvalue weighted by Gasteiger charge is 2.17. The summed E-state index contributed by atoms with van der Waals surface area (Å²) in [5, 5.41) is 4.04. The fraction of sp³-hybridized carbons (Fsp3) is 0.0476. The minimum Gasteiger partial charge on any atom is -0.497 e. The monoisotopic (exact) mass is 401 g/mol. The third-order valence-corrected chi connectivity index (χ3v) is 5.64. The van der Waals surface area contributed by atoms with Crippen LogP contribution in [0.2, 0.25) is 0 Å². The number of aromatic nitrogens is 4. The van der Waals surface area contributed by atoms with Gasteiger partial charge in [-0.3, -0.25) is 9.36 Å². The summed E-state index contributed by atoms with van der Waals surface area (Å²) in [6.45, 7) is 0. The predicted octanol–water partition coefficient (Wildman–Crippen LogP) is 4.14. The molecule has 3 aromatic heterocycles. The second-order valence-electron chi connectivity index (χ2n) is 6.29. The molecule has 3 heterocycles. The molecule has 0 saturated heterocycles. The number of methoxy groups -OCH3 is 1. The first-order valence-electron chi connectivity index (χ1n) is 8.86. The molecule has 0 aliphatic carbocycles. The minimum absolute atomic E-state index is 0.145. The Labute approximate surface area is 169 Å². The van der Waals surface area contributed by atoms with Gasteiger partial charge in [-0.1, -0.05) is 18.2 Å². The fourth-order valence-electron chi connectivity index (χ4n) is 3.14. The first kappa shape index (κ1) is 17.3. The molecule has 29 heavy (non-hydrogen) atoms. The lowest BCUT2D eigenvalue weighted by Gasteiger charge is -2.07. The number of fused-ring (bicyclic) bond motifs is 3. The lowest BCUT2D eigenvalue weighted by atomic mass is 10.2. The Kier molecular flexibility index (Phi) is 4.18. The predicted molar refractivity (Wildman–Crippen MR) is 115 cm³/mol. The lowest BCUT2D eigenvalue weighted by Crippen LogP contribution is -2.17. The molecule has 0 aliphatic rings. The van der Waals surface area contributed by atoms with Crippen LogP contribution in [-0.4, -0.2) is 26.6 Å². The number of para-hydroxylation sites is 1. The van der Waals surface area contributed by atoms with Crippen LogP contribution in [0.5, 0.6) is 5.75 Å². The number of anilines is 2. The minimum atomic E-state index is -0.145. The molecule has 0 aliphatic heterocycles. The van der Waals surface area contributed by atoms with Crippen molar-refractivity contribution >= 4 is 43.3 Å². The molecule has 1 N–H and O–H groups in total. The van der Waals surface area contributed by atoms with Crippen molar-refractivity contribution in [3.8, 4) is 11.4 Å². The summed E-state index contributed by atoms with van der Waals surface area (Å²) < 4.78 is 7.24. The van der Waals surface area contributed by atoms with Gasteiger partial charge < -0.3 is 10.1 Å². The molecule has 8 heteroatoms. The normalized spacial score (nSPS) is 11.1. The Morgan fingerprint density at radius 1 is 1.00 bits per heavy atom. The second kappa shape index (κ2) is 6.99. The van der Waals surface area contributed by atoms with E-state index in [4.69, 9.17) is 4.74 Å². The molecule has 142 valence electrons. The van der Waals surface area contributed by atoms with E-state index in [0.29, 0.717) is 20.9 Å². The number of thiophene rings is 1. The molecule has 7 nitrogen and oxygen atoms in total. The number of hydrogen-bond acceptors (Lipinski definition) is 7. The van der Waals surface area contributed by atoms with Gasteiger partial charge in [0, 0.05) is 5.69 Å². The van der Waals surface area contributed by atoms with E-state index in [9.17, 15) is 4.79 Å². The van der Waals surface area contributed by atoms with E-state index in [-0.39, 0.29) is 5.56 Å². The summed E-state index contributed by atoms with van der Waals surface area (Å²) in [6, 6.07) is 17.0. The largest absolute Gasteiger partial charge is 0.497 e. The zero-order valence-electron chi connectivity index (χ0n) is 15.4. The van der Waals surface area contributed by atoms with Crippen LogP contribution in [0, 0.1) is 0 Å². The number of benzene rings is 2. The molecule has 0 fully saturated rings. The summed E-state index contributed by atoms with van der Waals surface area (Å²) in [4.78, 5) is 27.2. The number of hydrogen-bond donors (Lipinski definition) is 1. The average molecular weight is 401 g/mol. The van der Waals surface area contributed by atoms with Crippen LogP contribution in [0.1, 0.15) is 0 Å². The SMILES string of the molecule is COc1ccc(-n2cnc3c(sc4ncnc(Nc5ccccc5)c43)c2=O)cc1. The number of nitrogens with one attached hydrogen (secondary N) is 1. The molecule has 0 unspecified atom stereocenters. The van der Waals surface area contributed by atoms with Gasteiger partial charge in [-0.25, -0.2) is 15.0 Å². The Balaban J connectivity index is 1.67. The van der Waals surface area contributed by atoms with E-state index in [1.807, 2.05) is 54.6 Å². The van der Waals surface area contributed by atoms with Gasteiger partial charge in [0.15, 0.2) is 0 Å². The highest BCUT2D eigenvalue weighted by molar-refractivity contribution is 7.25. The molecular weight excluding hydrogens is 386 g/mol. The van der Waals surface area contributed by atoms with Gasteiger partial charge in [-0.2, -0.15) is 0 Å². The zero-order valence-corrected chi connectivity index (χ0v) is 16.2. The molecule has 5 aromatic rings. The van der Waals surface area contributed by atoms with Crippen molar-refractivity contribution < 1.29 is 4.74 Å². The van der Waals surface area contributed by atoms with Crippen LogP contribution >= 0.6 is 11.3 Å². The summed E-state index contributed by atoms with van der Waals surface area (Å²) in [5.74, 6) is 1.35. The average Bonchev–Trinajstić information content (AvgIpc) is 3.16. The van der Waals surface area contributed by atoms with E-state index in [2.05, 4.69) is 20.3 Å². The van der Waals surface area contributed by atoms with E-state index < -0.39 is 0 Å². The van der Waals surface area contributed by atoms with Crippen LogP contribution in [0.25, 0.3) is 26.1 Å². The Bertz CT molecular complexity index is 1380. The van der Waals surface area contributed by atoms with Gasteiger partial charge >= 0.3 is 0 Å². The van der Waals surface area contributed by atoms with Gasteiger partial charge in [0.25, 0.3) is 5.56 Å². The molecule has 0 saturated carbocycles.